The number of carbonyl (C=O) groups excluding carboxylic acids is 1. The molecule has 1 heterocycles. The maximum absolute atomic E-state index is 12.8. The molecule has 0 amide bonds. The van der Waals surface area contributed by atoms with Gasteiger partial charge in [0.2, 0.25) is 5.88 Å². The summed E-state index contributed by atoms with van der Waals surface area (Å²) in [6, 6.07) is 7.11. The molecule has 0 spiro atoms. The van der Waals surface area contributed by atoms with Gasteiger partial charge in [0.25, 0.3) is 0 Å². The van der Waals surface area contributed by atoms with Gasteiger partial charge in [-0.2, -0.15) is 0 Å². The molecule has 0 aliphatic rings. The average Bonchev–Trinajstić information content (AvgIpc) is 2.42. The number of carbonyl (C=O) groups is 1. The topological polar surface area (TPSA) is 39.2 Å². The van der Waals surface area contributed by atoms with Gasteiger partial charge < -0.3 is 4.74 Å². The number of esters is 1. The molecule has 0 bridgehead atoms. The highest BCUT2D eigenvalue weighted by Gasteiger charge is 2.09. The van der Waals surface area contributed by atoms with Gasteiger partial charge in [0.05, 0.1) is 5.56 Å². The molecule has 0 saturated heterocycles. The van der Waals surface area contributed by atoms with E-state index in [4.69, 9.17) is 24.2 Å². The zero-order valence-electron chi connectivity index (χ0n) is 11.0. The second kappa shape index (κ2) is 6.42. The van der Waals surface area contributed by atoms with Crippen molar-refractivity contribution in [2.75, 3.05) is 0 Å². The first-order chi connectivity index (χ1) is 9.95. The summed E-state index contributed by atoms with van der Waals surface area (Å²) in [4.78, 5) is 14.9. The molecular formula is C15H8BClFNO2. The summed E-state index contributed by atoms with van der Waals surface area (Å²) < 4.78 is 17.7. The molecule has 1 aromatic heterocycles. The Kier molecular flexibility index (Phi) is 4.61. The van der Waals surface area contributed by atoms with Crippen molar-refractivity contribution in [2.24, 2.45) is 0 Å². The fourth-order valence-electron chi connectivity index (χ4n) is 1.47. The summed E-state index contributed by atoms with van der Waals surface area (Å²) in [5, 5.41) is 0.0265. The number of hydrogen-bond donors (Lipinski definition) is 0. The Labute approximate surface area is 127 Å². The van der Waals surface area contributed by atoms with E-state index in [-0.39, 0.29) is 22.3 Å². The summed E-state index contributed by atoms with van der Waals surface area (Å²) in [6.07, 6.45) is 0. The predicted octanol–water partition coefficient (Wildman–Crippen LogP) is 1.99. The van der Waals surface area contributed by atoms with Crippen molar-refractivity contribution in [3.63, 3.8) is 0 Å². The van der Waals surface area contributed by atoms with E-state index >= 15 is 0 Å². The summed E-state index contributed by atoms with van der Waals surface area (Å²) >= 11 is 5.79. The Hall–Kier alpha value is -2.32. The van der Waals surface area contributed by atoms with Gasteiger partial charge in [0, 0.05) is 12.5 Å². The molecule has 3 nitrogen and oxygen atoms in total. The fraction of sp³-hybridized carbons (Fsp3) is 0.0667. The summed E-state index contributed by atoms with van der Waals surface area (Å²) in [5.41, 5.74) is 1.13. The Balaban J connectivity index is 2.41. The highest BCUT2D eigenvalue weighted by molar-refractivity contribution is 6.44. The van der Waals surface area contributed by atoms with Crippen LogP contribution in [0.5, 0.6) is 5.88 Å². The molecule has 0 saturated carbocycles. The Morgan fingerprint density at radius 2 is 2.00 bits per heavy atom. The van der Waals surface area contributed by atoms with Gasteiger partial charge in [-0.3, -0.25) is 4.79 Å². The number of nitrogens with zero attached hydrogens (tertiary/aromatic N) is 1. The van der Waals surface area contributed by atoms with Crippen LogP contribution in [0.2, 0.25) is 5.15 Å². The van der Waals surface area contributed by atoms with Gasteiger partial charge in [-0.25, -0.2) is 9.37 Å². The lowest BCUT2D eigenvalue weighted by Gasteiger charge is -2.05. The molecule has 21 heavy (non-hydrogen) atoms. The normalized spacial score (nSPS) is 9.67. The van der Waals surface area contributed by atoms with Crippen molar-refractivity contribution in [1.82, 2.24) is 4.98 Å². The van der Waals surface area contributed by atoms with Crippen LogP contribution in [0.4, 0.5) is 4.39 Å². The van der Waals surface area contributed by atoms with Crippen LogP contribution in [-0.4, -0.2) is 18.8 Å². The molecule has 0 aliphatic carbocycles. The largest absolute Gasteiger partial charge is 0.406 e. The lowest BCUT2D eigenvalue weighted by molar-refractivity contribution is -0.132. The predicted molar refractivity (Wildman–Crippen MR) is 78.3 cm³/mol. The maximum atomic E-state index is 12.8. The van der Waals surface area contributed by atoms with Gasteiger partial charge in [-0.15, -0.1) is 0 Å². The molecule has 2 radical (unpaired) electrons. The summed E-state index contributed by atoms with van der Waals surface area (Å²) in [6.45, 7) is 1.24. The Bertz CT molecular complexity index is 751. The first kappa shape index (κ1) is 15.1. The van der Waals surface area contributed by atoms with Crippen LogP contribution < -0.4 is 10.2 Å². The lowest BCUT2D eigenvalue weighted by Crippen LogP contribution is -2.12. The van der Waals surface area contributed by atoms with Crippen molar-refractivity contribution in [1.29, 1.82) is 0 Å². The van der Waals surface area contributed by atoms with E-state index in [9.17, 15) is 9.18 Å². The van der Waals surface area contributed by atoms with Gasteiger partial charge in [-0.1, -0.05) is 28.9 Å². The number of rotatable bonds is 1. The number of halogens is 2. The van der Waals surface area contributed by atoms with Crippen LogP contribution in [0, 0.1) is 17.7 Å². The van der Waals surface area contributed by atoms with E-state index in [2.05, 4.69) is 16.8 Å². The van der Waals surface area contributed by atoms with Crippen LogP contribution in [0.3, 0.4) is 0 Å². The smallest absolute Gasteiger partial charge is 0.309 e. The lowest BCUT2D eigenvalue weighted by atomic mass is 9.97. The molecule has 6 heteroatoms. The molecule has 2 aromatic rings. The van der Waals surface area contributed by atoms with Crippen molar-refractivity contribution < 1.29 is 13.9 Å². The highest BCUT2D eigenvalue weighted by atomic mass is 35.5. The summed E-state index contributed by atoms with van der Waals surface area (Å²) in [5.74, 6) is 4.66. The minimum absolute atomic E-state index is 0.0173. The van der Waals surface area contributed by atoms with Crippen LogP contribution in [-0.2, 0) is 4.79 Å². The third-order valence-electron chi connectivity index (χ3n) is 2.39. The first-order valence-corrected chi connectivity index (χ1v) is 6.25. The van der Waals surface area contributed by atoms with E-state index in [1.165, 1.54) is 37.3 Å². The second-order valence-corrected chi connectivity index (χ2v) is 4.43. The highest BCUT2D eigenvalue weighted by Crippen LogP contribution is 2.16. The van der Waals surface area contributed by atoms with Crippen LogP contribution >= 0.6 is 11.6 Å². The number of ether oxygens (including phenoxy) is 1. The first-order valence-electron chi connectivity index (χ1n) is 5.87. The number of benzene rings is 1. The van der Waals surface area contributed by atoms with Crippen molar-refractivity contribution >= 4 is 30.9 Å². The SMILES string of the molecule is [B]c1cc(C#Cc2ccc(F)cc2)c(OC(C)=O)nc1Cl. The quantitative estimate of drug-likeness (QED) is 0.350. The van der Waals surface area contributed by atoms with Crippen molar-refractivity contribution in [2.45, 2.75) is 6.92 Å². The summed E-state index contributed by atoms with van der Waals surface area (Å²) in [7, 11) is 5.66. The number of hydrogen-bond acceptors (Lipinski definition) is 3. The van der Waals surface area contributed by atoms with Gasteiger partial charge >= 0.3 is 5.97 Å². The monoisotopic (exact) mass is 299 g/mol. The van der Waals surface area contributed by atoms with Crippen molar-refractivity contribution in [3.8, 4) is 17.7 Å². The van der Waals surface area contributed by atoms with E-state index in [0.29, 0.717) is 11.1 Å². The van der Waals surface area contributed by atoms with Crippen molar-refractivity contribution in [3.05, 3.63) is 52.4 Å². The van der Waals surface area contributed by atoms with Gasteiger partial charge in [0.15, 0.2) is 0 Å². The van der Waals surface area contributed by atoms with Gasteiger partial charge in [0.1, 0.15) is 18.8 Å². The molecule has 0 atom stereocenters. The molecule has 2 rings (SSSR count). The maximum Gasteiger partial charge on any atom is 0.309 e. The van der Waals surface area contributed by atoms with Crippen LogP contribution in [0.1, 0.15) is 18.1 Å². The van der Waals surface area contributed by atoms with E-state index in [1.807, 2.05) is 0 Å². The molecular weight excluding hydrogens is 291 g/mol. The number of aromatic nitrogens is 1. The third-order valence-corrected chi connectivity index (χ3v) is 2.70. The Morgan fingerprint density at radius 3 is 2.62 bits per heavy atom. The van der Waals surface area contributed by atoms with Crippen LogP contribution in [0.25, 0.3) is 0 Å². The Morgan fingerprint density at radius 1 is 1.33 bits per heavy atom. The molecule has 0 N–H and O–H groups in total. The molecule has 102 valence electrons. The average molecular weight is 299 g/mol. The zero-order chi connectivity index (χ0) is 15.4. The standard InChI is InChI=1S/C15H8BClFNO2/c1-9(20)21-15-11(8-13(16)14(17)19-15)5-2-10-3-6-12(18)7-4-10/h3-4,6-8H,1H3. The van der Waals surface area contributed by atoms with Gasteiger partial charge in [-0.05, 0) is 30.3 Å². The van der Waals surface area contributed by atoms with E-state index in [1.54, 1.807) is 0 Å². The zero-order valence-corrected chi connectivity index (χ0v) is 11.7. The second-order valence-electron chi connectivity index (χ2n) is 4.07. The minimum atomic E-state index is -0.548. The van der Waals surface area contributed by atoms with E-state index in [0.717, 1.165) is 0 Å². The molecule has 0 unspecified atom stereocenters. The molecule has 0 aliphatic heterocycles. The third kappa shape index (κ3) is 4.07. The fourth-order valence-corrected chi connectivity index (χ4v) is 1.60. The van der Waals surface area contributed by atoms with Crippen LogP contribution in [0.15, 0.2) is 30.3 Å². The number of pyridine rings is 1. The minimum Gasteiger partial charge on any atom is -0.406 e. The molecule has 1 aromatic carbocycles. The van der Waals surface area contributed by atoms with E-state index < -0.39 is 5.97 Å². The molecule has 0 fully saturated rings.